The minimum absolute atomic E-state index is 0.00519. The van der Waals surface area contributed by atoms with Gasteiger partial charge in [-0.2, -0.15) is 0 Å². The van der Waals surface area contributed by atoms with Crippen molar-refractivity contribution in [2.75, 3.05) is 32.8 Å². The van der Waals surface area contributed by atoms with Gasteiger partial charge in [-0.25, -0.2) is 0 Å². The first-order chi connectivity index (χ1) is 12.8. The summed E-state index contributed by atoms with van der Waals surface area (Å²) in [5.74, 6) is -0.359. The summed E-state index contributed by atoms with van der Waals surface area (Å²) in [5.41, 5.74) is 8.06. The molecule has 1 amide bonds. The van der Waals surface area contributed by atoms with Gasteiger partial charge in [-0.05, 0) is 11.1 Å². The Morgan fingerprint density at radius 3 is 2.54 bits per heavy atom. The molecule has 0 bridgehead atoms. The third-order valence-electron chi connectivity index (χ3n) is 4.73. The summed E-state index contributed by atoms with van der Waals surface area (Å²) < 4.78 is 5.83. The zero-order valence-corrected chi connectivity index (χ0v) is 15.0. The van der Waals surface area contributed by atoms with Crippen molar-refractivity contribution < 1.29 is 9.53 Å². The van der Waals surface area contributed by atoms with Crippen LogP contribution in [0, 0.1) is 0 Å². The lowest BCUT2D eigenvalue weighted by Gasteiger charge is -2.33. The maximum absolute atomic E-state index is 12.5. The minimum atomic E-state index is -0.319. The van der Waals surface area contributed by atoms with Crippen LogP contribution in [0.2, 0.25) is 0 Å². The van der Waals surface area contributed by atoms with Crippen molar-refractivity contribution >= 4 is 5.91 Å². The van der Waals surface area contributed by atoms with E-state index in [-0.39, 0.29) is 17.9 Å². The van der Waals surface area contributed by atoms with Crippen LogP contribution in [0.4, 0.5) is 0 Å². The van der Waals surface area contributed by atoms with Crippen LogP contribution in [0.1, 0.15) is 17.0 Å². The van der Waals surface area contributed by atoms with Crippen LogP contribution < -0.4 is 11.1 Å². The molecule has 0 aliphatic carbocycles. The van der Waals surface area contributed by atoms with Gasteiger partial charge in [-0.15, -0.1) is 0 Å². The number of benzene rings is 2. The van der Waals surface area contributed by atoms with Gasteiger partial charge in [-0.1, -0.05) is 60.7 Å². The smallest absolute Gasteiger partial charge is 0.228 e. The van der Waals surface area contributed by atoms with E-state index in [4.69, 9.17) is 10.5 Å². The third kappa shape index (κ3) is 5.14. The van der Waals surface area contributed by atoms with Crippen molar-refractivity contribution in [3.8, 4) is 0 Å². The highest BCUT2D eigenvalue weighted by molar-refractivity contribution is 5.83. The molecule has 1 aliphatic heterocycles. The van der Waals surface area contributed by atoms with Crippen LogP contribution in [-0.4, -0.2) is 49.7 Å². The van der Waals surface area contributed by atoms with Crippen molar-refractivity contribution in [1.29, 1.82) is 0 Å². The Kier molecular flexibility index (Phi) is 6.77. The first-order valence-electron chi connectivity index (χ1n) is 9.17. The lowest BCUT2D eigenvalue weighted by molar-refractivity contribution is -0.123. The lowest BCUT2D eigenvalue weighted by Crippen LogP contribution is -2.48. The van der Waals surface area contributed by atoms with E-state index in [1.54, 1.807) is 0 Å². The van der Waals surface area contributed by atoms with E-state index in [0.717, 1.165) is 25.2 Å². The highest BCUT2D eigenvalue weighted by Gasteiger charge is 2.23. The molecule has 1 saturated heterocycles. The number of ether oxygens (including phenoxy) is 1. The minimum Gasteiger partial charge on any atom is -0.374 e. The Balaban J connectivity index is 1.50. The number of hydrogen-bond acceptors (Lipinski definition) is 4. The quantitative estimate of drug-likeness (QED) is 0.796. The first kappa shape index (κ1) is 18.6. The van der Waals surface area contributed by atoms with Gasteiger partial charge in [0.2, 0.25) is 5.91 Å². The number of nitrogens with zero attached hydrogens (tertiary/aromatic N) is 1. The fourth-order valence-electron chi connectivity index (χ4n) is 3.31. The Bertz CT molecular complexity index is 678. The zero-order valence-electron chi connectivity index (χ0n) is 15.0. The van der Waals surface area contributed by atoms with Gasteiger partial charge in [0, 0.05) is 32.7 Å². The second-order valence-corrected chi connectivity index (χ2v) is 6.66. The van der Waals surface area contributed by atoms with Crippen molar-refractivity contribution in [3.63, 3.8) is 0 Å². The highest BCUT2D eigenvalue weighted by Crippen LogP contribution is 2.15. The number of nitrogens with two attached hydrogens (primary N) is 1. The van der Waals surface area contributed by atoms with Gasteiger partial charge in [0.1, 0.15) is 0 Å². The van der Waals surface area contributed by atoms with E-state index in [2.05, 4.69) is 34.5 Å². The SMILES string of the molecule is NCC(C(=O)NCC1CN(Cc2ccccc2)CCO1)c1ccccc1. The molecular weight excluding hydrogens is 326 g/mol. The number of morpholine rings is 1. The second-order valence-electron chi connectivity index (χ2n) is 6.66. The topological polar surface area (TPSA) is 67.6 Å². The summed E-state index contributed by atoms with van der Waals surface area (Å²) in [6.07, 6.45) is 0.00519. The van der Waals surface area contributed by atoms with E-state index < -0.39 is 0 Å². The second kappa shape index (κ2) is 9.48. The van der Waals surface area contributed by atoms with E-state index in [0.29, 0.717) is 19.7 Å². The molecule has 2 aromatic carbocycles. The molecular formula is C21H27N3O2. The predicted octanol–water partition coefficient (Wildman–Crippen LogP) is 1.75. The molecule has 1 heterocycles. The molecule has 26 heavy (non-hydrogen) atoms. The Morgan fingerprint density at radius 2 is 1.85 bits per heavy atom. The van der Waals surface area contributed by atoms with Crippen LogP contribution in [0.15, 0.2) is 60.7 Å². The van der Waals surface area contributed by atoms with Crippen LogP contribution in [0.5, 0.6) is 0 Å². The summed E-state index contributed by atoms with van der Waals surface area (Å²) in [6.45, 7) is 4.12. The molecule has 138 valence electrons. The molecule has 2 atom stereocenters. The summed E-state index contributed by atoms with van der Waals surface area (Å²) in [4.78, 5) is 14.9. The standard InChI is InChI=1S/C21H27N3O2/c22-13-20(18-9-5-2-6-10-18)21(25)23-14-19-16-24(11-12-26-19)15-17-7-3-1-4-8-17/h1-10,19-20H,11-16,22H2,(H,23,25). The summed E-state index contributed by atoms with van der Waals surface area (Å²) in [5, 5.41) is 3.02. The Labute approximate surface area is 155 Å². The fraction of sp³-hybridized carbons (Fsp3) is 0.381. The third-order valence-corrected chi connectivity index (χ3v) is 4.73. The predicted molar refractivity (Wildman–Crippen MR) is 103 cm³/mol. The molecule has 3 N–H and O–H groups in total. The largest absolute Gasteiger partial charge is 0.374 e. The number of rotatable bonds is 7. The van der Waals surface area contributed by atoms with E-state index in [9.17, 15) is 4.79 Å². The van der Waals surface area contributed by atoms with E-state index >= 15 is 0 Å². The Hall–Kier alpha value is -2.21. The molecule has 3 rings (SSSR count). The summed E-state index contributed by atoms with van der Waals surface area (Å²) in [7, 11) is 0. The van der Waals surface area contributed by atoms with Crippen LogP contribution in [-0.2, 0) is 16.1 Å². The van der Waals surface area contributed by atoms with E-state index in [1.165, 1.54) is 5.56 Å². The molecule has 0 radical (unpaired) electrons. The monoisotopic (exact) mass is 353 g/mol. The average molecular weight is 353 g/mol. The van der Waals surface area contributed by atoms with Gasteiger partial charge in [0.05, 0.1) is 18.6 Å². The molecule has 2 aromatic rings. The maximum atomic E-state index is 12.5. The van der Waals surface area contributed by atoms with E-state index in [1.807, 2.05) is 36.4 Å². The molecule has 1 fully saturated rings. The highest BCUT2D eigenvalue weighted by atomic mass is 16.5. The summed E-state index contributed by atoms with van der Waals surface area (Å²) >= 11 is 0. The number of nitrogens with one attached hydrogen (secondary N) is 1. The first-order valence-corrected chi connectivity index (χ1v) is 9.17. The summed E-state index contributed by atoms with van der Waals surface area (Å²) in [6, 6.07) is 20.1. The lowest BCUT2D eigenvalue weighted by atomic mass is 9.98. The van der Waals surface area contributed by atoms with Gasteiger partial charge in [0.25, 0.3) is 0 Å². The van der Waals surface area contributed by atoms with Crippen LogP contribution >= 0.6 is 0 Å². The number of amides is 1. The van der Waals surface area contributed by atoms with Gasteiger partial charge >= 0.3 is 0 Å². The fourth-order valence-corrected chi connectivity index (χ4v) is 3.31. The zero-order chi connectivity index (χ0) is 18.2. The van der Waals surface area contributed by atoms with Gasteiger partial charge in [-0.3, -0.25) is 9.69 Å². The number of carbonyl (C=O) groups excluding carboxylic acids is 1. The molecule has 0 saturated carbocycles. The molecule has 2 unspecified atom stereocenters. The molecule has 0 aromatic heterocycles. The molecule has 0 spiro atoms. The van der Waals surface area contributed by atoms with Crippen molar-refractivity contribution in [1.82, 2.24) is 10.2 Å². The molecule has 5 nitrogen and oxygen atoms in total. The van der Waals surface area contributed by atoms with Crippen LogP contribution in [0.3, 0.4) is 0 Å². The molecule has 1 aliphatic rings. The Morgan fingerprint density at radius 1 is 1.15 bits per heavy atom. The maximum Gasteiger partial charge on any atom is 0.228 e. The van der Waals surface area contributed by atoms with Crippen molar-refractivity contribution in [2.45, 2.75) is 18.6 Å². The molecule has 5 heteroatoms. The number of hydrogen-bond donors (Lipinski definition) is 2. The van der Waals surface area contributed by atoms with Crippen molar-refractivity contribution in [3.05, 3.63) is 71.8 Å². The van der Waals surface area contributed by atoms with Gasteiger partial charge in [0.15, 0.2) is 0 Å². The van der Waals surface area contributed by atoms with Gasteiger partial charge < -0.3 is 15.8 Å². The van der Waals surface area contributed by atoms with Crippen LogP contribution in [0.25, 0.3) is 0 Å². The normalized spacial score (nSPS) is 19.0. The van der Waals surface area contributed by atoms with Crippen molar-refractivity contribution in [2.24, 2.45) is 5.73 Å². The average Bonchev–Trinajstić information content (AvgIpc) is 2.69. The number of carbonyl (C=O) groups is 1.